The molecule has 2 N–H and O–H groups in total. The highest BCUT2D eigenvalue weighted by Gasteiger charge is 2.25. The maximum Gasteiger partial charge on any atom is 0.253 e. The lowest BCUT2D eigenvalue weighted by molar-refractivity contribution is -0.120. The van der Waals surface area contributed by atoms with Crippen molar-refractivity contribution < 1.29 is 9.59 Å². The summed E-state index contributed by atoms with van der Waals surface area (Å²) in [5, 5.41) is 6.35. The van der Waals surface area contributed by atoms with Crippen LogP contribution in [0.25, 0.3) is 0 Å². The van der Waals surface area contributed by atoms with E-state index < -0.39 is 0 Å². The first kappa shape index (κ1) is 19.5. The fraction of sp³-hybridized carbons (Fsp3) is 0.529. The predicted molar refractivity (Wildman–Crippen MR) is 95.3 cm³/mol. The van der Waals surface area contributed by atoms with Crippen LogP contribution >= 0.6 is 12.4 Å². The molecule has 0 radical (unpaired) electrons. The van der Waals surface area contributed by atoms with Gasteiger partial charge in [-0.15, -0.1) is 12.4 Å². The highest BCUT2D eigenvalue weighted by Crippen LogP contribution is 2.22. The fourth-order valence-corrected chi connectivity index (χ4v) is 2.75. The van der Waals surface area contributed by atoms with Crippen molar-refractivity contribution in [2.45, 2.75) is 32.7 Å². The number of carbonyl (C=O) groups is 2. The van der Waals surface area contributed by atoms with Gasteiger partial charge in [0.05, 0.1) is 0 Å². The number of amides is 2. The molecule has 23 heavy (non-hydrogen) atoms. The average Bonchev–Trinajstić information content (AvgIpc) is 2.48. The van der Waals surface area contributed by atoms with Crippen LogP contribution < -0.4 is 10.6 Å². The quantitative estimate of drug-likeness (QED) is 0.889. The largest absolute Gasteiger partial charge is 0.345 e. The molecule has 1 aliphatic rings. The Kier molecular flexibility index (Phi) is 7.03. The molecule has 1 aromatic carbocycles. The molecule has 0 unspecified atom stereocenters. The molecule has 0 aliphatic carbocycles. The van der Waals surface area contributed by atoms with E-state index in [9.17, 15) is 9.59 Å². The summed E-state index contributed by atoms with van der Waals surface area (Å²) in [6.45, 7) is 4.91. The van der Waals surface area contributed by atoms with Gasteiger partial charge in [-0.05, 0) is 50.9 Å². The molecule has 1 aromatic rings. The second-order valence-corrected chi connectivity index (χ2v) is 6.30. The third kappa shape index (κ3) is 4.94. The van der Waals surface area contributed by atoms with Crippen molar-refractivity contribution >= 4 is 29.9 Å². The Hall–Kier alpha value is -1.59. The van der Waals surface area contributed by atoms with Crippen LogP contribution in [0.2, 0.25) is 0 Å². The third-order valence-corrected chi connectivity index (χ3v) is 4.14. The highest BCUT2D eigenvalue weighted by molar-refractivity contribution is 5.98. The minimum Gasteiger partial charge on any atom is -0.345 e. The predicted octanol–water partition coefficient (Wildman–Crippen LogP) is 2.45. The van der Waals surface area contributed by atoms with Gasteiger partial charge < -0.3 is 15.5 Å². The van der Waals surface area contributed by atoms with Crippen molar-refractivity contribution in [1.29, 1.82) is 0 Å². The van der Waals surface area contributed by atoms with Crippen LogP contribution in [-0.2, 0) is 4.79 Å². The molecule has 2 rings (SSSR count). The van der Waals surface area contributed by atoms with Crippen LogP contribution in [-0.4, -0.2) is 43.4 Å². The van der Waals surface area contributed by atoms with Crippen LogP contribution in [0.5, 0.6) is 0 Å². The number of anilines is 1. The van der Waals surface area contributed by atoms with E-state index in [0.29, 0.717) is 11.6 Å². The second kappa shape index (κ2) is 8.31. The Morgan fingerprint density at radius 1 is 1.30 bits per heavy atom. The van der Waals surface area contributed by atoms with Gasteiger partial charge in [-0.2, -0.15) is 0 Å². The summed E-state index contributed by atoms with van der Waals surface area (Å²) < 4.78 is 0. The minimum absolute atomic E-state index is 0. The van der Waals surface area contributed by atoms with Gasteiger partial charge in [0, 0.05) is 37.3 Å². The number of halogens is 1. The lowest BCUT2D eigenvalue weighted by atomic mass is 9.92. The second-order valence-electron chi connectivity index (χ2n) is 6.30. The molecule has 6 heteroatoms. The van der Waals surface area contributed by atoms with Gasteiger partial charge in [0.15, 0.2) is 0 Å². The zero-order chi connectivity index (χ0) is 16.3. The SMILES string of the molecule is Cc1ccc(C(=O)N(C)C)cc1NC(=O)[C@H]1CCN[C@@H](C)C1.Cl. The summed E-state index contributed by atoms with van der Waals surface area (Å²) in [4.78, 5) is 26.0. The van der Waals surface area contributed by atoms with Crippen LogP contribution in [0.3, 0.4) is 0 Å². The van der Waals surface area contributed by atoms with E-state index in [1.165, 1.54) is 4.90 Å². The van der Waals surface area contributed by atoms with E-state index in [1.807, 2.05) is 13.0 Å². The Labute approximate surface area is 144 Å². The molecule has 0 aromatic heterocycles. The van der Waals surface area contributed by atoms with Crippen LogP contribution in [0, 0.1) is 12.8 Å². The van der Waals surface area contributed by atoms with E-state index >= 15 is 0 Å². The molecule has 0 bridgehead atoms. The van der Waals surface area contributed by atoms with E-state index in [4.69, 9.17) is 0 Å². The van der Waals surface area contributed by atoms with E-state index in [1.54, 1.807) is 26.2 Å². The summed E-state index contributed by atoms with van der Waals surface area (Å²) in [5.74, 6) is 0.0146. The lowest BCUT2D eigenvalue weighted by Crippen LogP contribution is -2.40. The third-order valence-electron chi connectivity index (χ3n) is 4.14. The molecule has 1 fully saturated rings. The maximum absolute atomic E-state index is 12.4. The van der Waals surface area contributed by atoms with Crippen molar-refractivity contribution in [3.63, 3.8) is 0 Å². The first-order valence-corrected chi connectivity index (χ1v) is 7.75. The molecule has 128 valence electrons. The normalized spacial score (nSPS) is 20.3. The van der Waals surface area contributed by atoms with Gasteiger partial charge in [0.25, 0.3) is 5.91 Å². The minimum atomic E-state index is -0.0639. The summed E-state index contributed by atoms with van der Waals surface area (Å²) >= 11 is 0. The number of hydrogen-bond donors (Lipinski definition) is 2. The number of nitrogens with zero attached hydrogens (tertiary/aromatic N) is 1. The Bertz CT molecular complexity index is 575. The monoisotopic (exact) mass is 339 g/mol. The van der Waals surface area contributed by atoms with E-state index in [2.05, 4.69) is 17.6 Å². The van der Waals surface area contributed by atoms with Gasteiger partial charge in [-0.1, -0.05) is 6.07 Å². The van der Waals surface area contributed by atoms with Crippen molar-refractivity contribution in [2.75, 3.05) is 26.0 Å². The molecular formula is C17H26ClN3O2. The van der Waals surface area contributed by atoms with E-state index in [0.717, 1.165) is 30.6 Å². The van der Waals surface area contributed by atoms with E-state index in [-0.39, 0.29) is 30.1 Å². The average molecular weight is 340 g/mol. The first-order valence-electron chi connectivity index (χ1n) is 7.75. The molecule has 2 amide bonds. The Morgan fingerprint density at radius 2 is 2.00 bits per heavy atom. The van der Waals surface area contributed by atoms with Crippen molar-refractivity contribution in [2.24, 2.45) is 5.92 Å². The first-order chi connectivity index (χ1) is 10.4. The summed E-state index contributed by atoms with van der Waals surface area (Å²) in [5.41, 5.74) is 2.28. The number of hydrogen-bond acceptors (Lipinski definition) is 3. The molecule has 1 heterocycles. The Morgan fingerprint density at radius 3 is 2.61 bits per heavy atom. The number of nitrogens with one attached hydrogen (secondary N) is 2. The van der Waals surface area contributed by atoms with Crippen LogP contribution in [0.1, 0.15) is 35.7 Å². The topological polar surface area (TPSA) is 61.4 Å². The molecule has 0 spiro atoms. The van der Waals surface area contributed by atoms with Gasteiger partial charge in [0.2, 0.25) is 5.91 Å². The van der Waals surface area contributed by atoms with Crippen molar-refractivity contribution in [1.82, 2.24) is 10.2 Å². The molecule has 5 nitrogen and oxygen atoms in total. The number of carbonyl (C=O) groups excluding carboxylic acids is 2. The molecule has 2 atom stereocenters. The molecule has 1 saturated heterocycles. The number of benzene rings is 1. The Balaban J connectivity index is 0.00000264. The summed E-state index contributed by atoms with van der Waals surface area (Å²) in [6, 6.07) is 5.80. The summed E-state index contributed by atoms with van der Waals surface area (Å²) in [7, 11) is 3.44. The van der Waals surface area contributed by atoms with Gasteiger partial charge in [-0.3, -0.25) is 9.59 Å². The van der Waals surface area contributed by atoms with Gasteiger partial charge in [0.1, 0.15) is 0 Å². The maximum atomic E-state index is 12.4. The fourth-order valence-electron chi connectivity index (χ4n) is 2.75. The zero-order valence-electron chi connectivity index (χ0n) is 14.2. The number of rotatable bonds is 3. The van der Waals surface area contributed by atoms with Crippen molar-refractivity contribution in [3.05, 3.63) is 29.3 Å². The zero-order valence-corrected chi connectivity index (χ0v) is 15.0. The van der Waals surface area contributed by atoms with Crippen molar-refractivity contribution in [3.8, 4) is 0 Å². The number of piperidine rings is 1. The van der Waals surface area contributed by atoms with Crippen LogP contribution in [0.4, 0.5) is 5.69 Å². The number of aryl methyl sites for hydroxylation is 1. The smallest absolute Gasteiger partial charge is 0.253 e. The molecule has 0 saturated carbocycles. The van der Waals surface area contributed by atoms with Gasteiger partial charge >= 0.3 is 0 Å². The standard InChI is InChI=1S/C17H25N3O2.ClH/c1-11-5-6-14(17(22)20(3)4)10-15(11)19-16(21)13-7-8-18-12(2)9-13;/h5-6,10,12-13,18H,7-9H2,1-4H3,(H,19,21);1H/t12-,13-;/m0./s1. The molecular weight excluding hydrogens is 314 g/mol. The van der Waals surface area contributed by atoms with Crippen LogP contribution in [0.15, 0.2) is 18.2 Å². The lowest BCUT2D eigenvalue weighted by Gasteiger charge is -2.27. The summed E-state index contributed by atoms with van der Waals surface area (Å²) in [6.07, 6.45) is 1.70. The van der Waals surface area contributed by atoms with Gasteiger partial charge in [-0.25, -0.2) is 0 Å². The molecule has 1 aliphatic heterocycles. The highest BCUT2D eigenvalue weighted by atomic mass is 35.5.